The topological polar surface area (TPSA) is 67.2 Å². The first-order chi connectivity index (χ1) is 9.38. The maximum atomic E-state index is 11.3. The van der Waals surface area contributed by atoms with E-state index in [2.05, 4.69) is 29.5 Å². The van der Waals surface area contributed by atoms with Gasteiger partial charge in [-0.3, -0.25) is 4.68 Å². The average molecular weight is 293 g/mol. The van der Waals surface area contributed by atoms with Gasteiger partial charge in [0, 0.05) is 29.3 Å². The average Bonchev–Trinajstić information content (AvgIpc) is 2.83. The maximum absolute atomic E-state index is 11.3. The highest BCUT2D eigenvalue weighted by atomic mass is 32.1. The number of hydrogen-bond acceptors (Lipinski definition) is 4. The Kier molecular flexibility index (Phi) is 4.13. The molecular formula is C14H19N3O2S. The summed E-state index contributed by atoms with van der Waals surface area (Å²) in [5.74, 6) is -0.381. The van der Waals surface area contributed by atoms with Crippen LogP contribution in [0.25, 0.3) is 0 Å². The third kappa shape index (κ3) is 3.01. The van der Waals surface area contributed by atoms with Gasteiger partial charge in [-0.1, -0.05) is 0 Å². The zero-order valence-electron chi connectivity index (χ0n) is 12.1. The van der Waals surface area contributed by atoms with Crippen LogP contribution in [0, 0.1) is 13.8 Å². The van der Waals surface area contributed by atoms with Crippen molar-refractivity contribution in [3.8, 4) is 0 Å². The van der Waals surface area contributed by atoms with Crippen LogP contribution in [0.15, 0.2) is 12.1 Å². The molecule has 0 aliphatic heterocycles. The van der Waals surface area contributed by atoms with Crippen molar-refractivity contribution in [2.24, 2.45) is 7.05 Å². The van der Waals surface area contributed by atoms with Crippen LogP contribution in [-0.2, 0) is 13.5 Å². The Morgan fingerprint density at radius 2 is 2.20 bits per heavy atom. The molecule has 2 aromatic heterocycles. The lowest BCUT2D eigenvalue weighted by atomic mass is 10.2. The van der Waals surface area contributed by atoms with E-state index in [0.29, 0.717) is 11.5 Å². The molecule has 5 nitrogen and oxygen atoms in total. The predicted octanol–water partition coefficient (Wildman–Crippen LogP) is 2.84. The van der Waals surface area contributed by atoms with Gasteiger partial charge in [0.1, 0.15) is 11.4 Å². The lowest BCUT2D eigenvalue weighted by molar-refractivity contribution is 0.0697. The molecule has 20 heavy (non-hydrogen) atoms. The standard InChI is InChI=1S/C14H19N3O2S/c1-8(7-11-6-5-9(2)20-11)15-13-12(14(18)19)10(3)16-17(13)4/h5-6,8,15H,7H2,1-4H3,(H,18,19). The molecule has 0 amide bonds. The second kappa shape index (κ2) is 5.66. The fourth-order valence-electron chi connectivity index (χ4n) is 2.26. The molecule has 0 aliphatic rings. The summed E-state index contributed by atoms with van der Waals surface area (Å²) < 4.78 is 1.59. The van der Waals surface area contributed by atoms with Gasteiger partial charge in [0.15, 0.2) is 0 Å². The number of nitrogens with zero attached hydrogens (tertiary/aromatic N) is 2. The van der Waals surface area contributed by atoms with Crippen LogP contribution in [0.3, 0.4) is 0 Å². The molecule has 1 atom stereocenters. The molecule has 0 saturated heterocycles. The number of carbonyl (C=O) groups is 1. The Balaban J connectivity index is 2.15. The van der Waals surface area contributed by atoms with Gasteiger partial charge in [0.05, 0.1) is 5.69 Å². The van der Waals surface area contributed by atoms with Crippen molar-refractivity contribution in [1.29, 1.82) is 0 Å². The van der Waals surface area contributed by atoms with E-state index in [4.69, 9.17) is 0 Å². The van der Waals surface area contributed by atoms with E-state index < -0.39 is 5.97 Å². The first-order valence-electron chi connectivity index (χ1n) is 6.47. The Hall–Kier alpha value is -1.82. The summed E-state index contributed by atoms with van der Waals surface area (Å²) >= 11 is 1.77. The number of carboxylic acid groups (broad SMARTS) is 1. The first kappa shape index (κ1) is 14.6. The van der Waals surface area contributed by atoms with Gasteiger partial charge in [-0.2, -0.15) is 5.10 Å². The smallest absolute Gasteiger partial charge is 0.341 e. The van der Waals surface area contributed by atoms with Crippen molar-refractivity contribution in [2.45, 2.75) is 33.2 Å². The summed E-state index contributed by atoms with van der Waals surface area (Å²) in [5.41, 5.74) is 0.781. The lowest BCUT2D eigenvalue weighted by Gasteiger charge is -2.15. The maximum Gasteiger partial charge on any atom is 0.341 e. The monoisotopic (exact) mass is 293 g/mol. The van der Waals surface area contributed by atoms with E-state index in [1.165, 1.54) is 9.75 Å². The summed E-state index contributed by atoms with van der Waals surface area (Å²) in [7, 11) is 1.75. The summed E-state index contributed by atoms with van der Waals surface area (Å²) in [6.07, 6.45) is 0.863. The SMILES string of the molecule is Cc1ccc(CC(C)Nc2c(C(=O)O)c(C)nn2C)s1. The molecule has 0 aliphatic carbocycles. The number of aryl methyl sites for hydroxylation is 3. The molecule has 0 aromatic carbocycles. The number of anilines is 1. The number of nitrogens with one attached hydrogen (secondary N) is 1. The van der Waals surface area contributed by atoms with Crippen LogP contribution in [0.1, 0.15) is 32.7 Å². The molecule has 0 radical (unpaired) electrons. The largest absolute Gasteiger partial charge is 0.477 e. The Bertz CT molecular complexity index is 630. The molecule has 2 rings (SSSR count). The van der Waals surface area contributed by atoms with Crippen molar-refractivity contribution in [1.82, 2.24) is 9.78 Å². The highest BCUT2D eigenvalue weighted by Gasteiger charge is 2.20. The molecule has 1 unspecified atom stereocenters. The third-order valence-electron chi connectivity index (χ3n) is 3.12. The van der Waals surface area contributed by atoms with Crippen molar-refractivity contribution in [3.05, 3.63) is 33.1 Å². The van der Waals surface area contributed by atoms with Crippen LogP contribution < -0.4 is 5.32 Å². The summed E-state index contributed by atoms with van der Waals surface area (Å²) in [6, 6.07) is 4.36. The first-order valence-corrected chi connectivity index (χ1v) is 7.29. The Labute approximate surface area is 122 Å². The number of hydrogen-bond donors (Lipinski definition) is 2. The molecule has 0 spiro atoms. The summed E-state index contributed by atoms with van der Waals surface area (Å²) in [4.78, 5) is 13.9. The van der Waals surface area contributed by atoms with Gasteiger partial charge >= 0.3 is 5.97 Å². The fourth-order valence-corrected chi connectivity index (χ4v) is 3.28. The number of rotatable bonds is 5. The second-order valence-corrected chi connectivity index (χ2v) is 6.37. The van der Waals surface area contributed by atoms with Crippen molar-refractivity contribution >= 4 is 23.1 Å². The minimum absolute atomic E-state index is 0.140. The minimum atomic E-state index is -0.947. The number of carboxylic acids is 1. The molecular weight excluding hydrogens is 274 g/mol. The van der Waals surface area contributed by atoms with Gasteiger partial charge in [-0.15, -0.1) is 11.3 Å². The van der Waals surface area contributed by atoms with Gasteiger partial charge in [0.25, 0.3) is 0 Å². The van der Waals surface area contributed by atoms with Gasteiger partial charge < -0.3 is 10.4 Å². The molecule has 6 heteroatoms. The van der Waals surface area contributed by atoms with E-state index in [1.54, 1.807) is 30.0 Å². The van der Waals surface area contributed by atoms with E-state index in [1.807, 2.05) is 6.92 Å². The summed E-state index contributed by atoms with van der Waals surface area (Å²) in [5, 5.41) is 16.7. The molecule has 0 fully saturated rings. The Morgan fingerprint density at radius 3 is 2.75 bits per heavy atom. The highest BCUT2D eigenvalue weighted by Crippen LogP contribution is 2.22. The molecule has 2 aromatic rings. The predicted molar refractivity (Wildman–Crippen MR) is 80.7 cm³/mol. The molecule has 108 valence electrons. The quantitative estimate of drug-likeness (QED) is 0.889. The van der Waals surface area contributed by atoms with Crippen molar-refractivity contribution in [3.63, 3.8) is 0 Å². The molecule has 0 saturated carbocycles. The van der Waals surface area contributed by atoms with Gasteiger partial charge in [0.2, 0.25) is 0 Å². The van der Waals surface area contributed by atoms with Crippen molar-refractivity contribution < 1.29 is 9.90 Å². The highest BCUT2D eigenvalue weighted by molar-refractivity contribution is 7.11. The third-order valence-corrected chi connectivity index (χ3v) is 4.15. The Morgan fingerprint density at radius 1 is 1.50 bits per heavy atom. The van der Waals surface area contributed by atoms with Gasteiger partial charge in [-0.05, 0) is 32.9 Å². The summed E-state index contributed by atoms with van der Waals surface area (Å²) in [6.45, 7) is 5.84. The molecule has 2 heterocycles. The van der Waals surface area contributed by atoms with E-state index in [0.717, 1.165) is 6.42 Å². The van der Waals surface area contributed by atoms with E-state index in [-0.39, 0.29) is 11.6 Å². The lowest BCUT2D eigenvalue weighted by Crippen LogP contribution is -2.21. The number of thiophene rings is 1. The van der Waals surface area contributed by atoms with Crippen LogP contribution in [0.2, 0.25) is 0 Å². The zero-order chi connectivity index (χ0) is 14.9. The van der Waals surface area contributed by atoms with Crippen molar-refractivity contribution in [2.75, 3.05) is 5.32 Å². The van der Waals surface area contributed by atoms with E-state index >= 15 is 0 Å². The fraction of sp³-hybridized carbons (Fsp3) is 0.429. The van der Waals surface area contributed by atoms with Crippen LogP contribution in [0.4, 0.5) is 5.82 Å². The number of aromatic nitrogens is 2. The normalized spacial score (nSPS) is 12.4. The van der Waals surface area contributed by atoms with Crippen LogP contribution in [0.5, 0.6) is 0 Å². The zero-order valence-corrected chi connectivity index (χ0v) is 12.9. The molecule has 2 N–H and O–H groups in total. The molecule has 0 bridgehead atoms. The number of aromatic carboxylic acids is 1. The van der Waals surface area contributed by atoms with Gasteiger partial charge in [-0.25, -0.2) is 4.79 Å². The van der Waals surface area contributed by atoms with Crippen LogP contribution in [-0.4, -0.2) is 26.9 Å². The minimum Gasteiger partial charge on any atom is -0.477 e. The second-order valence-electron chi connectivity index (χ2n) is 5.00. The van der Waals surface area contributed by atoms with E-state index in [9.17, 15) is 9.90 Å². The van der Waals surface area contributed by atoms with Crippen LogP contribution >= 0.6 is 11.3 Å².